The lowest BCUT2D eigenvalue weighted by molar-refractivity contribution is -0.142. The fourth-order valence-corrected chi connectivity index (χ4v) is 1.42. The molecule has 1 heterocycles. The second-order valence-corrected chi connectivity index (χ2v) is 3.54. The summed E-state index contributed by atoms with van der Waals surface area (Å²) >= 11 is 0. The highest BCUT2D eigenvalue weighted by atomic mass is 16.6. The summed E-state index contributed by atoms with van der Waals surface area (Å²) < 4.78 is 10.0. The van der Waals surface area contributed by atoms with Crippen LogP contribution in [0.2, 0.25) is 0 Å². The number of ether oxygens (including phenoxy) is 2. The maximum atomic E-state index is 11.3. The van der Waals surface area contributed by atoms with Gasteiger partial charge in [0.05, 0.1) is 0 Å². The lowest BCUT2D eigenvalue weighted by atomic mass is 10.2. The third kappa shape index (κ3) is 2.00. The molecule has 2 rings (SSSR count). The molecule has 0 aliphatic carbocycles. The van der Waals surface area contributed by atoms with E-state index < -0.39 is 12.1 Å². The Bertz CT molecular complexity index is 422. The topological polar surface area (TPSA) is 55.8 Å². The number of carbonyl (C=O) groups is 1. The molecule has 4 nitrogen and oxygen atoms in total. The molecule has 0 saturated heterocycles. The molecule has 16 heavy (non-hydrogen) atoms. The van der Waals surface area contributed by atoms with Crippen LogP contribution in [-0.4, -0.2) is 17.2 Å². The zero-order valence-electron chi connectivity index (χ0n) is 8.84. The Hall–Kier alpha value is -1.97. The van der Waals surface area contributed by atoms with E-state index in [2.05, 4.69) is 0 Å². The van der Waals surface area contributed by atoms with Crippen molar-refractivity contribution in [1.82, 2.24) is 0 Å². The van der Waals surface area contributed by atoms with Crippen molar-refractivity contribution in [1.29, 1.82) is 0 Å². The Kier molecular flexibility index (Phi) is 2.81. The van der Waals surface area contributed by atoms with Gasteiger partial charge < -0.3 is 14.6 Å². The standard InChI is InChI=1S/C12H12O4/c1-8-10(13)11(12(14)16-8)15-7-9-5-3-2-4-6-9/h2-6,8,13H,7H2,1H3/t8-/m0/s1. The predicted octanol–water partition coefficient (Wildman–Crippen LogP) is 1.92. The molecule has 0 amide bonds. The number of carbonyl (C=O) groups excluding carboxylic acids is 1. The van der Waals surface area contributed by atoms with Crippen molar-refractivity contribution in [2.24, 2.45) is 0 Å². The third-order valence-electron chi connectivity index (χ3n) is 2.31. The Balaban J connectivity index is 2.04. The number of rotatable bonds is 3. The van der Waals surface area contributed by atoms with Gasteiger partial charge in [0.1, 0.15) is 6.61 Å². The lowest BCUT2D eigenvalue weighted by Gasteiger charge is -2.04. The number of benzene rings is 1. The third-order valence-corrected chi connectivity index (χ3v) is 2.31. The fourth-order valence-electron chi connectivity index (χ4n) is 1.42. The second kappa shape index (κ2) is 4.26. The van der Waals surface area contributed by atoms with E-state index in [-0.39, 0.29) is 18.1 Å². The van der Waals surface area contributed by atoms with Gasteiger partial charge in [0.2, 0.25) is 5.76 Å². The minimum Gasteiger partial charge on any atom is -0.505 e. The van der Waals surface area contributed by atoms with Gasteiger partial charge in [0, 0.05) is 0 Å². The van der Waals surface area contributed by atoms with Gasteiger partial charge >= 0.3 is 5.97 Å². The first-order valence-corrected chi connectivity index (χ1v) is 4.99. The van der Waals surface area contributed by atoms with E-state index >= 15 is 0 Å². The summed E-state index contributed by atoms with van der Waals surface area (Å²) in [5, 5.41) is 9.51. The first-order chi connectivity index (χ1) is 7.68. The van der Waals surface area contributed by atoms with Crippen molar-refractivity contribution in [3.05, 3.63) is 47.4 Å². The van der Waals surface area contributed by atoms with E-state index in [1.165, 1.54) is 0 Å². The highest BCUT2D eigenvalue weighted by Crippen LogP contribution is 2.22. The molecule has 1 atom stereocenters. The van der Waals surface area contributed by atoms with Gasteiger partial charge in [0.25, 0.3) is 0 Å². The average molecular weight is 220 g/mol. The molecule has 0 bridgehead atoms. The molecule has 1 N–H and O–H groups in total. The van der Waals surface area contributed by atoms with Crippen molar-refractivity contribution < 1.29 is 19.4 Å². The number of esters is 1. The van der Waals surface area contributed by atoms with E-state index in [0.29, 0.717) is 0 Å². The first kappa shape index (κ1) is 10.5. The molecule has 0 aromatic heterocycles. The van der Waals surface area contributed by atoms with Crippen LogP contribution in [0, 0.1) is 0 Å². The van der Waals surface area contributed by atoms with Gasteiger partial charge in [0.15, 0.2) is 11.9 Å². The maximum absolute atomic E-state index is 11.3. The Morgan fingerprint density at radius 2 is 2.06 bits per heavy atom. The maximum Gasteiger partial charge on any atom is 0.378 e. The van der Waals surface area contributed by atoms with Crippen LogP contribution < -0.4 is 0 Å². The predicted molar refractivity (Wildman–Crippen MR) is 56.4 cm³/mol. The molecule has 1 aliphatic heterocycles. The molecule has 0 fully saturated rings. The van der Waals surface area contributed by atoms with Gasteiger partial charge in [-0.2, -0.15) is 0 Å². The van der Waals surface area contributed by atoms with E-state index in [1.807, 2.05) is 30.3 Å². The van der Waals surface area contributed by atoms with Crippen molar-refractivity contribution in [3.8, 4) is 0 Å². The van der Waals surface area contributed by atoms with Gasteiger partial charge in [-0.3, -0.25) is 0 Å². The van der Waals surface area contributed by atoms with Crippen LogP contribution >= 0.6 is 0 Å². The van der Waals surface area contributed by atoms with Crippen molar-refractivity contribution in [2.45, 2.75) is 19.6 Å². The van der Waals surface area contributed by atoms with Crippen molar-refractivity contribution in [3.63, 3.8) is 0 Å². The van der Waals surface area contributed by atoms with Crippen LogP contribution in [0.25, 0.3) is 0 Å². The summed E-state index contributed by atoms with van der Waals surface area (Å²) in [4.78, 5) is 11.3. The highest BCUT2D eigenvalue weighted by molar-refractivity contribution is 5.89. The molecule has 1 aliphatic rings. The Labute approximate surface area is 93.1 Å². The number of aliphatic hydroxyl groups excluding tert-OH is 1. The molecule has 84 valence electrons. The molecule has 0 unspecified atom stereocenters. The summed E-state index contributed by atoms with van der Waals surface area (Å²) in [6.07, 6.45) is -0.613. The molecule has 0 radical (unpaired) electrons. The van der Waals surface area contributed by atoms with Crippen LogP contribution in [-0.2, 0) is 20.9 Å². The fraction of sp³-hybridized carbons (Fsp3) is 0.250. The van der Waals surface area contributed by atoms with Gasteiger partial charge in [-0.25, -0.2) is 4.79 Å². The van der Waals surface area contributed by atoms with Crippen LogP contribution in [0.15, 0.2) is 41.9 Å². The summed E-state index contributed by atoms with van der Waals surface area (Å²) in [6.45, 7) is 1.83. The van der Waals surface area contributed by atoms with Gasteiger partial charge in [-0.1, -0.05) is 30.3 Å². The number of cyclic esters (lactones) is 1. The molecular formula is C12H12O4. The smallest absolute Gasteiger partial charge is 0.378 e. The summed E-state index contributed by atoms with van der Waals surface area (Å²) in [5.41, 5.74) is 0.926. The molecule has 4 heteroatoms. The van der Waals surface area contributed by atoms with E-state index in [4.69, 9.17) is 9.47 Å². The zero-order chi connectivity index (χ0) is 11.5. The zero-order valence-corrected chi connectivity index (χ0v) is 8.84. The molecular weight excluding hydrogens is 208 g/mol. The highest BCUT2D eigenvalue weighted by Gasteiger charge is 2.32. The monoisotopic (exact) mass is 220 g/mol. The van der Waals surface area contributed by atoms with E-state index in [9.17, 15) is 9.90 Å². The quantitative estimate of drug-likeness (QED) is 0.790. The normalized spacial score (nSPS) is 19.8. The summed E-state index contributed by atoms with van der Waals surface area (Å²) in [5.74, 6) is -0.835. The van der Waals surface area contributed by atoms with Crippen LogP contribution in [0.3, 0.4) is 0 Å². The molecule has 1 aromatic carbocycles. The molecule has 0 spiro atoms. The lowest BCUT2D eigenvalue weighted by Crippen LogP contribution is -2.06. The minimum absolute atomic E-state index is 0.0867. The van der Waals surface area contributed by atoms with E-state index in [0.717, 1.165) is 5.56 Å². The van der Waals surface area contributed by atoms with Gasteiger partial charge in [-0.05, 0) is 12.5 Å². The molecule has 1 aromatic rings. The Morgan fingerprint density at radius 3 is 2.62 bits per heavy atom. The summed E-state index contributed by atoms with van der Waals surface area (Å²) in [7, 11) is 0. The van der Waals surface area contributed by atoms with Crippen LogP contribution in [0.4, 0.5) is 0 Å². The van der Waals surface area contributed by atoms with Crippen molar-refractivity contribution in [2.75, 3.05) is 0 Å². The molecule has 0 saturated carbocycles. The van der Waals surface area contributed by atoms with Crippen LogP contribution in [0.1, 0.15) is 12.5 Å². The average Bonchev–Trinajstić information content (AvgIpc) is 2.53. The van der Waals surface area contributed by atoms with Crippen molar-refractivity contribution >= 4 is 5.97 Å². The largest absolute Gasteiger partial charge is 0.505 e. The number of hydrogen-bond donors (Lipinski definition) is 1. The van der Waals surface area contributed by atoms with Gasteiger partial charge in [-0.15, -0.1) is 0 Å². The Morgan fingerprint density at radius 1 is 1.38 bits per heavy atom. The SMILES string of the molecule is C[C@@H]1OC(=O)C(OCc2ccccc2)=C1O. The summed E-state index contributed by atoms with van der Waals surface area (Å²) in [6, 6.07) is 9.40. The first-order valence-electron chi connectivity index (χ1n) is 4.99. The van der Waals surface area contributed by atoms with Crippen LogP contribution in [0.5, 0.6) is 0 Å². The second-order valence-electron chi connectivity index (χ2n) is 3.54. The number of aliphatic hydroxyl groups is 1. The minimum atomic E-state index is -0.613. The number of hydrogen-bond acceptors (Lipinski definition) is 4. The van der Waals surface area contributed by atoms with E-state index in [1.54, 1.807) is 6.92 Å².